The number of carboxylic acids is 1. The van der Waals surface area contributed by atoms with Crippen molar-refractivity contribution in [1.82, 2.24) is 19.4 Å². The van der Waals surface area contributed by atoms with Crippen LogP contribution < -0.4 is 24.8 Å². The fourth-order valence-corrected chi connectivity index (χ4v) is 5.47. The summed E-state index contributed by atoms with van der Waals surface area (Å²) >= 11 is 0. The van der Waals surface area contributed by atoms with Gasteiger partial charge in [0.25, 0.3) is 0 Å². The zero-order chi connectivity index (χ0) is 33.1. The number of sulfonamides is 1. The molecule has 4 N–H and O–H groups in total. The number of rotatable bonds is 7. The number of carbonyl (C=O) groups is 1. The second-order valence-corrected chi connectivity index (χ2v) is 13.7. The van der Waals surface area contributed by atoms with Gasteiger partial charge in [0.1, 0.15) is 5.69 Å². The monoisotopic (exact) mass is 639 g/mol. The molecule has 0 saturated carbocycles. The number of aromatic nitrogens is 3. The molecule has 14 heteroatoms. The molecule has 1 aliphatic rings. The van der Waals surface area contributed by atoms with E-state index in [-0.39, 0.29) is 11.1 Å². The minimum Gasteiger partial charge on any atom is -0.492 e. The predicted molar refractivity (Wildman–Crippen MR) is 176 cm³/mol. The van der Waals surface area contributed by atoms with Crippen LogP contribution in [0.5, 0.6) is 17.4 Å². The van der Waals surface area contributed by atoms with E-state index in [4.69, 9.17) is 15.2 Å². The average Bonchev–Trinajstić information content (AvgIpc) is 3.30. The van der Waals surface area contributed by atoms with Gasteiger partial charge in [-0.05, 0) is 42.3 Å². The predicted octanol–water partition coefficient (Wildman–Crippen LogP) is 4.16. The molecule has 3 heterocycles. The number of nitrogens with two attached hydrogens (primary N) is 1. The molecule has 2 aromatic heterocycles. The Morgan fingerprint density at radius 3 is 2.36 bits per heavy atom. The van der Waals surface area contributed by atoms with Gasteiger partial charge in [0.2, 0.25) is 21.9 Å². The van der Waals surface area contributed by atoms with Gasteiger partial charge in [-0.2, -0.15) is 4.98 Å². The summed E-state index contributed by atoms with van der Waals surface area (Å²) in [6, 6.07) is 12.4. The highest BCUT2D eigenvalue weighted by Crippen LogP contribution is 2.37. The Labute approximate surface area is 263 Å². The highest BCUT2D eigenvalue weighted by atomic mass is 32.2. The van der Waals surface area contributed by atoms with Crippen molar-refractivity contribution in [1.29, 1.82) is 0 Å². The third-order valence-electron chi connectivity index (χ3n) is 7.34. The van der Waals surface area contributed by atoms with Crippen molar-refractivity contribution < 1.29 is 27.8 Å². The SMILES string of the molecule is CN1CCN(c2nccc(Oc3cccc4cc(C(=O)O)n(C)c34)n2)CC1.COc1c(N)cc(C(C)(C)C)cc1NS(C)(=O)=O. The maximum atomic E-state index is 11.4. The number of hydrogen-bond donors (Lipinski definition) is 3. The molecular formula is C31H41N7O6S. The number of ether oxygens (including phenoxy) is 2. The molecule has 0 radical (unpaired) electrons. The van der Waals surface area contributed by atoms with Crippen molar-refractivity contribution in [3.05, 3.63) is 59.9 Å². The molecule has 5 rings (SSSR count). The van der Waals surface area contributed by atoms with Gasteiger partial charge < -0.3 is 34.7 Å². The summed E-state index contributed by atoms with van der Waals surface area (Å²) in [5.41, 5.74) is 8.40. The molecule has 0 bridgehead atoms. The summed E-state index contributed by atoms with van der Waals surface area (Å²) in [7, 11) is 1.90. The number of methoxy groups -OCH3 is 1. The van der Waals surface area contributed by atoms with Gasteiger partial charge in [0.05, 0.1) is 30.3 Å². The first-order chi connectivity index (χ1) is 21.1. The van der Waals surface area contributed by atoms with Crippen LogP contribution in [0.15, 0.2) is 48.7 Å². The van der Waals surface area contributed by atoms with Crippen LogP contribution in [0, 0.1) is 0 Å². The van der Waals surface area contributed by atoms with E-state index in [9.17, 15) is 18.3 Å². The van der Waals surface area contributed by atoms with Crippen molar-refractivity contribution in [3.8, 4) is 17.4 Å². The van der Waals surface area contributed by atoms with Crippen molar-refractivity contribution in [2.75, 3.05) is 61.9 Å². The number of aryl methyl sites for hydroxylation is 1. The summed E-state index contributed by atoms with van der Waals surface area (Å²) < 4.78 is 37.9. The maximum absolute atomic E-state index is 11.4. The third-order valence-corrected chi connectivity index (χ3v) is 7.93. The summed E-state index contributed by atoms with van der Waals surface area (Å²) in [5, 5.41) is 10.2. The van der Waals surface area contributed by atoms with Gasteiger partial charge in [-0.1, -0.05) is 32.9 Å². The third kappa shape index (κ3) is 8.13. The molecule has 4 aromatic rings. The van der Waals surface area contributed by atoms with E-state index in [1.165, 1.54) is 7.11 Å². The van der Waals surface area contributed by atoms with Crippen LogP contribution in [0.3, 0.4) is 0 Å². The quantitative estimate of drug-likeness (QED) is 0.249. The van der Waals surface area contributed by atoms with Crippen LogP contribution in [-0.4, -0.2) is 85.5 Å². The lowest BCUT2D eigenvalue weighted by molar-refractivity contribution is 0.0687. The first-order valence-corrected chi connectivity index (χ1v) is 16.2. The molecule has 0 spiro atoms. The Bertz CT molecular complexity index is 1790. The van der Waals surface area contributed by atoms with Crippen LogP contribution in [0.4, 0.5) is 17.3 Å². The van der Waals surface area contributed by atoms with E-state index in [0.29, 0.717) is 34.7 Å². The van der Waals surface area contributed by atoms with E-state index in [0.717, 1.165) is 48.9 Å². The Balaban J connectivity index is 0.000000224. The summed E-state index contributed by atoms with van der Waals surface area (Å²) in [5.74, 6) is 1.01. The van der Waals surface area contributed by atoms with Crippen LogP contribution in [0.2, 0.25) is 0 Å². The second kappa shape index (κ2) is 13.2. The van der Waals surface area contributed by atoms with E-state index in [1.54, 1.807) is 42.1 Å². The summed E-state index contributed by atoms with van der Waals surface area (Å²) in [6.45, 7) is 9.75. The number of likely N-dealkylation sites (N-methyl/N-ethyl adjacent to an activating group) is 1. The number of para-hydroxylation sites is 1. The Morgan fingerprint density at radius 1 is 1.07 bits per heavy atom. The minimum atomic E-state index is -3.37. The van der Waals surface area contributed by atoms with Crippen molar-refractivity contribution in [3.63, 3.8) is 0 Å². The van der Waals surface area contributed by atoms with Crippen molar-refractivity contribution in [2.45, 2.75) is 26.2 Å². The number of nitrogens with zero attached hydrogens (tertiary/aromatic N) is 5. The van der Waals surface area contributed by atoms with Gasteiger partial charge in [-0.25, -0.2) is 18.2 Å². The second-order valence-electron chi connectivity index (χ2n) is 11.9. The van der Waals surface area contributed by atoms with Gasteiger partial charge in [0.15, 0.2) is 11.5 Å². The molecule has 1 aliphatic heterocycles. The molecule has 1 saturated heterocycles. The number of nitrogen functional groups attached to an aromatic ring is 1. The number of hydrogen-bond acceptors (Lipinski definition) is 10. The Hall–Kier alpha value is -4.56. The molecule has 13 nitrogen and oxygen atoms in total. The van der Waals surface area contributed by atoms with Crippen LogP contribution in [-0.2, 0) is 22.5 Å². The summed E-state index contributed by atoms with van der Waals surface area (Å²) in [4.78, 5) is 24.7. The fraction of sp³-hybridized carbons (Fsp3) is 0.387. The number of nitrogens with one attached hydrogen (secondary N) is 1. The number of benzene rings is 2. The lowest BCUT2D eigenvalue weighted by atomic mass is 9.86. The lowest BCUT2D eigenvalue weighted by Gasteiger charge is -2.32. The molecule has 0 amide bonds. The zero-order valence-electron chi connectivity index (χ0n) is 26.7. The molecule has 0 unspecified atom stereocenters. The van der Waals surface area contributed by atoms with Crippen LogP contribution >= 0.6 is 0 Å². The van der Waals surface area contributed by atoms with Crippen LogP contribution in [0.1, 0.15) is 36.8 Å². The number of aromatic carboxylic acids is 1. The smallest absolute Gasteiger partial charge is 0.352 e. The number of anilines is 3. The van der Waals surface area contributed by atoms with E-state index >= 15 is 0 Å². The standard InChI is InChI=1S/C19H21N5O3.C12H20N2O3S/c1-22-8-10-24(11-9-22)19-20-7-6-16(21-19)27-15-5-3-4-13-12-14(18(25)26)23(2)17(13)15;1-12(2,3)8-6-9(13)11(17-4)10(7-8)14-18(5,15)16/h3-7,12H,8-11H2,1-2H3,(H,25,26);6-7,14H,13H2,1-5H3. The van der Waals surface area contributed by atoms with Gasteiger partial charge in [-0.3, -0.25) is 4.72 Å². The van der Waals surface area contributed by atoms with Gasteiger partial charge >= 0.3 is 5.97 Å². The maximum Gasteiger partial charge on any atom is 0.352 e. The minimum absolute atomic E-state index is 0.131. The van der Waals surface area contributed by atoms with Crippen molar-refractivity contribution in [2.24, 2.45) is 7.05 Å². The van der Waals surface area contributed by atoms with Gasteiger partial charge in [-0.15, -0.1) is 0 Å². The normalized spacial score (nSPS) is 14.1. The highest BCUT2D eigenvalue weighted by molar-refractivity contribution is 7.92. The highest BCUT2D eigenvalue weighted by Gasteiger charge is 2.21. The average molecular weight is 640 g/mol. The fourth-order valence-electron chi connectivity index (χ4n) is 4.92. The van der Waals surface area contributed by atoms with E-state index in [1.807, 2.05) is 39.0 Å². The molecule has 2 aromatic carbocycles. The first kappa shape index (κ1) is 33.3. The molecular weight excluding hydrogens is 598 g/mol. The van der Waals surface area contributed by atoms with Gasteiger partial charge in [0, 0.05) is 50.9 Å². The number of carboxylic acid groups (broad SMARTS) is 1. The zero-order valence-corrected chi connectivity index (χ0v) is 27.5. The molecule has 242 valence electrons. The molecule has 1 fully saturated rings. The molecule has 45 heavy (non-hydrogen) atoms. The number of fused-ring (bicyclic) bond motifs is 1. The first-order valence-electron chi connectivity index (χ1n) is 14.3. The van der Waals surface area contributed by atoms with E-state index in [2.05, 4.69) is 31.5 Å². The molecule has 0 atom stereocenters. The summed E-state index contributed by atoms with van der Waals surface area (Å²) in [6.07, 6.45) is 2.77. The van der Waals surface area contributed by atoms with Crippen molar-refractivity contribution >= 4 is 44.2 Å². The van der Waals surface area contributed by atoms with E-state index < -0.39 is 16.0 Å². The largest absolute Gasteiger partial charge is 0.492 e. The Morgan fingerprint density at radius 2 is 1.76 bits per heavy atom. The lowest BCUT2D eigenvalue weighted by Crippen LogP contribution is -2.45. The Kier molecular flexibility index (Phi) is 9.78. The number of piperazine rings is 1. The van der Waals surface area contributed by atoms with Crippen LogP contribution in [0.25, 0.3) is 10.9 Å². The topological polar surface area (TPSA) is 165 Å². The molecule has 0 aliphatic carbocycles.